The summed E-state index contributed by atoms with van der Waals surface area (Å²) >= 11 is 11.6. The predicted octanol–water partition coefficient (Wildman–Crippen LogP) is 3.77. The third-order valence-electron chi connectivity index (χ3n) is 2.77. The van der Waals surface area contributed by atoms with Gasteiger partial charge in [0.25, 0.3) is 11.6 Å². The summed E-state index contributed by atoms with van der Waals surface area (Å²) in [6.45, 7) is 0.236. The van der Waals surface area contributed by atoms with Gasteiger partial charge in [-0.1, -0.05) is 23.2 Å². The largest absolute Gasteiger partial charge is 0.467 e. The number of hydrogen-bond acceptors (Lipinski definition) is 4. The van der Waals surface area contributed by atoms with Gasteiger partial charge in [-0.25, -0.2) is 0 Å². The maximum atomic E-state index is 12.3. The molecule has 0 N–H and O–H groups in total. The number of rotatable bonds is 4. The van der Waals surface area contributed by atoms with E-state index in [1.807, 2.05) is 0 Å². The van der Waals surface area contributed by atoms with Gasteiger partial charge in [0, 0.05) is 18.7 Å². The molecule has 1 aromatic heterocycles. The van der Waals surface area contributed by atoms with Gasteiger partial charge in [-0.2, -0.15) is 0 Å². The molecule has 0 aliphatic heterocycles. The molecule has 0 saturated heterocycles. The second-order valence-electron chi connectivity index (χ2n) is 4.29. The van der Waals surface area contributed by atoms with Crippen molar-refractivity contribution in [1.29, 1.82) is 0 Å². The number of halogens is 2. The average molecular weight is 329 g/mol. The third-order valence-corrected chi connectivity index (χ3v) is 3.56. The summed E-state index contributed by atoms with van der Waals surface area (Å²) in [5.41, 5.74) is -0.316. The van der Waals surface area contributed by atoms with Crippen molar-refractivity contribution in [2.24, 2.45) is 0 Å². The molecule has 0 unspecified atom stereocenters. The molecule has 0 aliphatic rings. The first kappa shape index (κ1) is 15.3. The van der Waals surface area contributed by atoms with Crippen molar-refractivity contribution in [2.45, 2.75) is 6.54 Å². The van der Waals surface area contributed by atoms with E-state index in [4.69, 9.17) is 27.6 Å². The van der Waals surface area contributed by atoms with Crippen molar-refractivity contribution in [1.82, 2.24) is 4.90 Å². The number of nitrogens with zero attached hydrogens (tertiary/aromatic N) is 2. The van der Waals surface area contributed by atoms with E-state index in [-0.39, 0.29) is 22.2 Å². The molecule has 6 nitrogen and oxygen atoms in total. The van der Waals surface area contributed by atoms with Crippen LogP contribution < -0.4 is 0 Å². The number of benzene rings is 1. The predicted molar refractivity (Wildman–Crippen MR) is 77.6 cm³/mol. The molecular weight excluding hydrogens is 319 g/mol. The highest BCUT2D eigenvalue weighted by atomic mass is 35.5. The van der Waals surface area contributed by atoms with Gasteiger partial charge >= 0.3 is 0 Å². The maximum Gasteiger partial charge on any atom is 0.290 e. The molecule has 2 aromatic rings. The first-order valence-corrected chi connectivity index (χ1v) is 6.57. The first-order chi connectivity index (χ1) is 9.90. The number of nitro groups is 1. The molecule has 1 aromatic carbocycles. The van der Waals surface area contributed by atoms with Crippen LogP contribution in [0, 0.1) is 10.1 Å². The van der Waals surface area contributed by atoms with E-state index in [2.05, 4.69) is 0 Å². The summed E-state index contributed by atoms with van der Waals surface area (Å²) in [7, 11) is 1.55. The number of nitro benzene ring substituents is 1. The van der Waals surface area contributed by atoms with E-state index in [0.29, 0.717) is 5.76 Å². The number of carbonyl (C=O) groups excluding carboxylic acids is 1. The summed E-state index contributed by atoms with van der Waals surface area (Å²) < 4.78 is 5.15. The monoisotopic (exact) mass is 328 g/mol. The zero-order valence-corrected chi connectivity index (χ0v) is 12.4. The Labute approximate surface area is 130 Å². The van der Waals surface area contributed by atoms with Crippen molar-refractivity contribution in [2.75, 3.05) is 7.05 Å². The Morgan fingerprint density at radius 1 is 1.43 bits per heavy atom. The maximum absolute atomic E-state index is 12.3. The smallest absolute Gasteiger partial charge is 0.290 e. The molecule has 1 amide bonds. The van der Waals surface area contributed by atoms with Gasteiger partial charge in [-0.3, -0.25) is 14.9 Å². The molecule has 0 aliphatic carbocycles. The highest BCUT2D eigenvalue weighted by Gasteiger charge is 2.22. The molecule has 8 heteroatoms. The van der Waals surface area contributed by atoms with E-state index in [9.17, 15) is 14.9 Å². The normalized spacial score (nSPS) is 10.4. The molecular formula is C13H10Cl2N2O4. The van der Waals surface area contributed by atoms with Crippen LogP contribution in [0.3, 0.4) is 0 Å². The molecule has 2 rings (SSSR count). The topological polar surface area (TPSA) is 76.6 Å². The fraction of sp³-hybridized carbons (Fsp3) is 0.154. The Morgan fingerprint density at radius 3 is 2.71 bits per heavy atom. The van der Waals surface area contributed by atoms with Crippen molar-refractivity contribution in [3.05, 3.63) is 62.0 Å². The van der Waals surface area contributed by atoms with Crippen LogP contribution in [0.5, 0.6) is 0 Å². The van der Waals surface area contributed by atoms with Crippen molar-refractivity contribution < 1.29 is 14.1 Å². The molecule has 0 radical (unpaired) electrons. The van der Waals surface area contributed by atoms with Crippen LogP contribution in [0.4, 0.5) is 5.69 Å². The quantitative estimate of drug-likeness (QED) is 0.632. The van der Waals surface area contributed by atoms with Gasteiger partial charge in [-0.15, -0.1) is 0 Å². The molecule has 1 heterocycles. The Hall–Kier alpha value is -2.05. The van der Waals surface area contributed by atoms with Crippen LogP contribution in [0.2, 0.25) is 10.0 Å². The summed E-state index contributed by atoms with van der Waals surface area (Å²) in [5, 5.41) is 10.7. The standard InChI is InChI=1S/C13H10Cl2N2O4/c1-16(7-9-3-2-4-21-9)13(18)8-5-10(14)12(15)11(6-8)17(19)20/h2-6H,7H2,1H3. The SMILES string of the molecule is CN(Cc1ccco1)C(=O)c1cc(Cl)c(Cl)c([N+](=O)[O-])c1. The molecule has 110 valence electrons. The lowest BCUT2D eigenvalue weighted by atomic mass is 10.1. The Morgan fingerprint density at radius 2 is 2.14 bits per heavy atom. The van der Waals surface area contributed by atoms with Gasteiger partial charge < -0.3 is 9.32 Å². The molecule has 0 bridgehead atoms. The lowest BCUT2D eigenvalue weighted by Crippen LogP contribution is -2.26. The van der Waals surface area contributed by atoms with E-state index in [1.165, 1.54) is 17.2 Å². The summed E-state index contributed by atoms with van der Waals surface area (Å²) in [4.78, 5) is 23.8. The van der Waals surface area contributed by atoms with Crippen molar-refractivity contribution in [3.63, 3.8) is 0 Å². The molecule has 0 saturated carbocycles. The number of hydrogen-bond donors (Lipinski definition) is 0. The Kier molecular flexibility index (Phi) is 4.50. The summed E-state index contributed by atoms with van der Waals surface area (Å²) in [6, 6.07) is 5.84. The van der Waals surface area contributed by atoms with E-state index in [0.717, 1.165) is 6.07 Å². The van der Waals surface area contributed by atoms with Crippen molar-refractivity contribution >= 4 is 34.8 Å². The Bertz CT molecular complexity index is 686. The average Bonchev–Trinajstić information content (AvgIpc) is 2.93. The minimum absolute atomic E-state index is 0.0411. The Balaban J connectivity index is 2.28. The third kappa shape index (κ3) is 3.34. The van der Waals surface area contributed by atoms with Gasteiger partial charge in [0.1, 0.15) is 10.8 Å². The van der Waals surface area contributed by atoms with Gasteiger partial charge in [-0.05, 0) is 18.2 Å². The van der Waals surface area contributed by atoms with E-state index < -0.39 is 16.5 Å². The lowest BCUT2D eigenvalue weighted by Gasteiger charge is -2.16. The zero-order valence-electron chi connectivity index (χ0n) is 10.9. The molecule has 0 atom stereocenters. The van der Waals surface area contributed by atoms with Crippen LogP contribution in [0.1, 0.15) is 16.1 Å². The number of furan rings is 1. The van der Waals surface area contributed by atoms with Gasteiger partial charge in [0.15, 0.2) is 0 Å². The highest BCUT2D eigenvalue weighted by Crippen LogP contribution is 2.33. The van der Waals surface area contributed by atoms with Crippen LogP contribution in [0.15, 0.2) is 34.9 Å². The zero-order chi connectivity index (χ0) is 15.6. The van der Waals surface area contributed by atoms with Gasteiger partial charge in [0.05, 0.1) is 22.8 Å². The van der Waals surface area contributed by atoms with Crippen molar-refractivity contribution in [3.8, 4) is 0 Å². The number of amides is 1. The second kappa shape index (κ2) is 6.15. The minimum Gasteiger partial charge on any atom is -0.467 e. The van der Waals surface area contributed by atoms with Crippen LogP contribution in [-0.4, -0.2) is 22.8 Å². The van der Waals surface area contributed by atoms with Crippen LogP contribution in [-0.2, 0) is 6.54 Å². The first-order valence-electron chi connectivity index (χ1n) is 5.81. The molecule has 21 heavy (non-hydrogen) atoms. The van der Waals surface area contributed by atoms with Crippen LogP contribution in [0.25, 0.3) is 0 Å². The number of carbonyl (C=O) groups is 1. The summed E-state index contributed by atoms with van der Waals surface area (Å²) in [6.07, 6.45) is 1.50. The fourth-order valence-corrected chi connectivity index (χ4v) is 2.15. The second-order valence-corrected chi connectivity index (χ2v) is 5.07. The fourth-order valence-electron chi connectivity index (χ4n) is 1.76. The minimum atomic E-state index is -0.683. The molecule has 0 fully saturated rings. The van der Waals surface area contributed by atoms with E-state index >= 15 is 0 Å². The highest BCUT2D eigenvalue weighted by molar-refractivity contribution is 6.43. The van der Waals surface area contributed by atoms with Gasteiger partial charge in [0.2, 0.25) is 0 Å². The van der Waals surface area contributed by atoms with E-state index in [1.54, 1.807) is 19.2 Å². The summed E-state index contributed by atoms with van der Waals surface area (Å²) in [5.74, 6) is 0.175. The molecule has 0 spiro atoms. The lowest BCUT2D eigenvalue weighted by molar-refractivity contribution is -0.384. The van der Waals surface area contributed by atoms with Crippen LogP contribution >= 0.6 is 23.2 Å².